The number of aryl methyl sites for hydroxylation is 2. The lowest BCUT2D eigenvalue weighted by Crippen LogP contribution is -2.19. The highest BCUT2D eigenvalue weighted by molar-refractivity contribution is 5.94. The maximum Gasteiger partial charge on any atom is 0.128 e. The molecular formula is C23H21FN4. The number of hydrogen-bond acceptors (Lipinski definition) is 3. The third kappa shape index (κ3) is 2.93. The lowest BCUT2D eigenvalue weighted by molar-refractivity contribution is 0.537. The largest absolute Gasteiger partial charge is 0.378 e. The molecule has 2 N–H and O–H groups in total. The Morgan fingerprint density at radius 2 is 2.07 bits per heavy atom. The molecule has 1 atom stereocenters. The minimum Gasteiger partial charge on any atom is -0.378 e. The number of nitrogens with one attached hydrogen (secondary N) is 2. The van der Waals surface area contributed by atoms with Crippen LogP contribution in [-0.2, 0) is 6.42 Å². The summed E-state index contributed by atoms with van der Waals surface area (Å²) in [6.45, 7) is 1.97. The van der Waals surface area contributed by atoms with Crippen LogP contribution in [0.1, 0.15) is 35.7 Å². The Hall–Kier alpha value is -3.21. The molecule has 0 aliphatic heterocycles. The monoisotopic (exact) mass is 372 g/mol. The van der Waals surface area contributed by atoms with Crippen molar-refractivity contribution in [1.82, 2.24) is 15.2 Å². The van der Waals surface area contributed by atoms with Crippen molar-refractivity contribution in [2.24, 2.45) is 0 Å². The molecule has 1 aliphatic carbocycles. The summed E-state index contributed by atoms with van der Waals surface area (Å²) < 4.78 is 14.5. The molecule has 0 radical (unpaired) electrons. The zero-order valence-corrected chi connectivity index (χ0v) is 15.7. The molecule has 2 aromatic heterocycles. The Morgan fingerprint density at radius 3 is 2.96 bits per heavy atom. The number of nitrogens with zero attached hydrogens (tertiary/aromatic N) is 2. The van der Waals surface area contributed by atoms with Crippen LogP contribution < -0.4 is 5.32 Å². The molecule has 0 saturated carbocycles. The van der Waals surface area contributed by atoms with E-state index in [-0.39, 0.29) is 11.9 Å². The second kappa shape index (κ2) is 6.75. The Labute approximate surface area is 162 Å². The third-order valence-electron chi connectivity index (χ3n) is 5.50. The first-order valence-corrected chi connectivity index (χ1v) is 9.64. The number of H-pyrrole nitrogens is 1. The van der Waals surface area contributed by atoms with Crippen molar-refractivity contribution in [3.05, 3.63) is 77.4 Å². The first-order chi connectivity index (χ1) is 13.7. The van der Waals surface area contributed by atoms with Crippen LogP contribution in [-0.4, -0.2) is 15.2 Å². The van der Waals surface area contributed by atoms with E-state index in [0.29, 0.717) is 0 Å². The summed E-state index contributed by atoms with van der Waals surface area (Å²) in [4.78, 5) is 4.27. The summed E-state index contributed by atoms with van der Waals surface area (Å²) in [5.41, 5.74) is 6.76. The fraction of sp³-hybridized carbons (Fsp3) is 0.217. The van der Waals surface area contributed by atoms with Gasteiger partial charge in [0, 0.05) is 34.1 Å². The standard InChI is InChI=1S/C23H21FN4/c1-14-12-16(10-11-25-14)23-18-13-17(8-9-20(18)27-28-23)26-21-7-3-5-15-4-2-6-19(24)22(15)21/h2,4,6,8-13,21,26H,3,5,7H2,1H3,(H,27,28). The van der Waals surface area contributed by atoms with Crippen molar-refractivity contribution in [2.75, 3.05) is 5.32 Å². The molecule has 2 aromatic carbocycles. The minimum atomic E-state index is -0.118. The van der Waals surface area contributed by atoms with E-state index in [1.807, 2.05) is 37.3 Å². The van der Waals surface area contributed by atoms with Gasteiger partial charge in [0.15, 0.2) is 0 Å². The van der Waals surface area contributed by atoms with E-state index in [1.165, 1.54) is 0 Å². The van der Waals surface area contributed by atoms with Gasteiger partial charge in [-0.1, -0.05) is 12.1 Å². The minimum absolute atomic E-state index is 0.0130. The average molecular weight is 372 g/mol. The summed E-state index contributed by atoms with van der Waals surface area (Å²) in [5.74, 6) is -0.118. The molecule has 4 nitrogen and oxygen atoms in total. The second-order valence-corrected chi connectivity index (χ2v) is 7.42. The molecule has 0 bridgehead atoms. The predicted molar refractivity (Wildman–Crippen MR) is 110 cm³/mol. The number of aromatic nitrogens is 3. The number of aromatic amines is 1. The highest BCUT2D eigenvalue weighted by atomic mass is 19.1. The summed E-state index contributed by atoms with van der Waals surface area (Å²) in [6, 6.07) is 15.5. The molecule has 4 aromatic rings. The van der Waals surface area contributed by atoms with Gasteiger partial charge >= 0.3 is 0 Å². The van der Waals surface area contributed by atoms with E-state index < -0.39 is 0 Å². The second-order valence-electron chi connectivity index (χ2n) is 7.42. The van der Waals surface area contributed by atoms with E-state index >= 15 is 0 Å². The van der Waals surface area contributed by atoms with E-state index in [9.17, 15) is 4.39 Å². The Morgan fingerprint density at radius 1 is 1.14 bits per heavy atom. The first-order valence-electron chi connectivity index (χ1n) is 9.64. The highest BCUT2D eigenvalue weighted by Crippen LogP contribution is 2.35. The SMILES string of the molecule is Cc1cc(-c2n[nH]c3ccc(NC4CCCc5cccc(F)c54)cc23)ccn1. The molecule has 0 spiro atoms. The van der Waals surface area contributed by atoms with Crippen LogP contribution in [0.4, 0.5) is 10.1 Å². The first kappa shape index (κ1) is 16.9. The van der Waals surface area contributed by atoms with E-state index in [2.05, 4.69) is 26.6 Å². The molecule has 0 saturated heterocycles. The van der Waals surface area contributed by atoms with Crippen molar-refractivity contribution < 1.29 is 4.39 Å². The zero-order valence-electron chi connectivity index (χ0n) is 15.7. The molecule has 5 rings (SSSR count). The van der Waals surface area contributed by atoms with Crippen LogP contribution in [0.25, 0.3) is 22.2 Å². The number of benzene rings is 2. The molecule has 140 valence electrons. The molecule has 1 aliphatic rings. The van der Waals surface area contributed by atoms with Gasteiger partial charge in [-0.2, -0.15) is 5.10 Å². The van der Waals surface area contributed by atoms with E-state index in [1.54, 1.807) is 18.3 Å². The van der Waals surface area contributed by atoms with Crippen LogP contribution in [0.15, 0.2) is 54.7 Å². The Kier molecular flexibility index (Phi) is 4.08. The van der Waals surface area contributed by atoms with Crippen LogP contribution >= 0.6 is 0 Å². The van der Waals surface area contributed by atoms with Gasteiger partial charge < -0.3 is 5.32 Å². The van der Waals surface area contributed by atoms with Gasteiger partial charge in [0.05, 0.1) is 11.6 Å². The number of rotatable bonds is 3. The van der Waals surface area contributed by atoms with Gasteiger partial charge in [-0.3, -0.25) is 10.1 Å². The normalized spacial score (nSPS) is 16.1. The number of fused-ring (bicyclic) bond motifs is 2. The van der Waals surface area contributed by atoms with E-state index in [0.717, 1.165) is 63.9 Å². The number of hydrogen-bond donors (Lipinski definition) is 2. The van der Waals surface area contributed by atoms with Gasteiger partial charge in [0.2, 0.25) is 0 Å². The van der Waals surface area contributed by atoms with Gasteiger partial charge in [0.25, 0.3) is 0 Å². The van der Waals surface area contributed by atoms with Crippen molar-refractivity contribution in [2.45, 2.75) is 32.2 Å². The maximum atomic E-state index is 14.5. The van der Waals surface area contributed by atoms with Crippen molar-refractivity contribution in [3.8, 4) is 11.3 Å². The van der Waals surface area contributed by atoms with Gasteiger partial charge in [-0.15, -0.1) is 0 Å². The highest BCUT2D eigenvalue weighted by Gasteiger charge is 2.23. The topological polar surface area (TPSA) is 53.6 Å². The van der Waals surface area contributed by atoms with Crippen molar-refractivity contribution in [3.63, 3.8) is 0 Å². The summed E-state index contributed by atoms with van der Waals surface area (Å²) in [5, 5.41) is 12.2. The number of anilines is 1. The Balaban J connectivity index is 1.53. The predicted octanol–water partition coefficient (Wildman–Crippen LogP) is 5.56. The molecule has 2 heterocycles. The van der Waals surface area contributed by atoms with E-state index in [4.69, 9.17) is 0 Å². The van der Waals surface area contributed by atoms with Gasteiger partial charge in [-0.25, -0.2) is 4.39 Å². The van der Waals surface area contributed by atoms with Crippen LogP contribution in [0.3, 0.4) is 0 Å². The summed E-state index contributed by atoms with van der Waals surface area (Å²) in [7, 11) is 0. The van der Waals surface area contributed by atoms with Crippen LogP contribution in [0.2, 0.25) is 0 Å². The molecule has 28 heavy (non-hydrogen) atoms. The molecule has 0 amide bonds. The molecule has 5 heteroatoms. The maximum absolute atomic E-state index is 14.5. The third-order valence-corrected chi connectivity index (χ3v) is 5.50. The van der Waals surface area contributed by atoms with Crippen LogP contribution in [0, 0.1) is 12.7 Å². The summed E-state index contributed by atoms with van der Waals surface area (Å²) >= 11 is 0. The van der Waals surface area contributed by atoms with Gasteiger partial charge in [0.1, 0.15) is 11.5 Å². The molecule has 0 fully saturated rings. The fourth-order valence-corrected chi connectivity index (χ4v) is 4.19. The van der Waals surface area contributed by atoms with Crippen molar-refractivity contribution in [1.29, 1.82) is 0 Å². The van der Waals surface area contributed by atoms with Crippen molar-refractivity contribution >= 4 is 16.6 Å². The summed E-state index contributed by atoms with van der Waals surface area (Å²) in [6.07, 6.45) is 4.73. The quantitative estimate of drug-likeness (QED) is 0.495. The molecular weight excluding hydrogens is 351 g/mol. The Bertz CT molecular complexity index is 1160. The van der Waals surface area contributed by atoms with Gasteiger partial charge in [-0.05, 0) is 68.1 Å². The lowest BCUT2D eigenvalue weighted by atomic mass is 9.87. The zero-order chi connectivity index (χ0) is 19.1. The smallest absolute Gasteiger partial charge is 0.128 e. The average Bonchev–Trinajstić information content (AvgIpc) is 3.11. The molecule has 1 unspecified atom stereocenters. The number of pyridine rings is 1. The lowest BCUT2D eigenvalue weighted by Gasteiger charge is -2.27. The number of halogens is 1. The van der Waals surface area contributed by atoms with Crippen LogP contribution in [0.5, 0.6) is 0 Å². The fourth-order valence-electron chi connectivity index (χ4n) is 4.19.